The summed E-state index contributed by atoms with van der Waals surface area (Å²) in [4.78, 5) is 9.57. The van der Waals surface area contributed by atoms with Crippen molar-refractivity contribution in [3.8, 4) is 0 Å². The van der Waals surface area contributed by atoms with Crippen LogP contribution in [0.5, 0.6) is 0 Å². The van der Waals surface area contributed by atoms with Gasteiger partial charge in [0, 0.05) is 52.4 Å². The Balaban J connectivity index is 0.00000196. The van der Waals surface area contributed by atoms with Crippen molar-refractivity contribution in [1.29, 1.82) is 0 Å². The normalized spacial score (nSPS) is 29.8. The molecule has 26 heavy (non-hydrogen) atoms. The maximum absolute atomic E-state index is 5.96. The van der Waals surface area contributed by atoms with Crippen molar-refractivity contribution in [3.63, 3.8) is 0 Å². The molecule has 0 aromatic rings. The lowest BCUT2D eigenvalue weighted by Crippen LogP contribution is -2.54. The van der Waals surface area contributed by atoms with Gasteiger partial charge in [0.25, 0.3) is 0 Å². The van der Waals surface area contributed by atoms with E-state index in [4.69, 9.17) is 9.47 Å². The molecule has 6 nitrogen and oxygen atoms in total. The molecule has 0 radical (unpaired) electrons. The summed E-state index contributed by atoms with van der Waals surface area (Å²) < 4.78 is 11.8. The van der Waals surface area contributed by atoms with Crippen LogP contribution in [-0.4, -0.2) is 87.0 Å². The number of morpholine rings is 1. The molecule has 0 bridgehead atoms. The zero-order chi connectivity index (χ0) is 17.1. The molecule has 0 aromatic heterocycles. The number of ether oxygens (including phenoxy) is 2. The Hall–Kier alpha value is -0.120. The maximum Gasteiger partial charge on any atom is 0.193 e. The Morgan fingerprint density at radius 3 is 2.58 bits per heavy atom. The molecule has 2 heterocycles. The lowest BCUT2D eigenvalue weighted by molar-refractivity contribution is -0.0817. The van der Waals surface area contributed by atoms with E-state index in [-0.39, 0.29) is 36.2 Å². The topological polar surface area (TPSA) is 49.3 Å². The summed E-state index contributed by atoms with van der Waals surface area (Å²) in [5, 5.41) is 3.59. The third-order valence-corrected chi connectivity index (χ3v) is 5.92. The standard InChI is InChI=1S/C19H34N4O2.HI/c1-20-19(21-8-9-22(16-6-7-16)13-15-4-5-15)23-10-12-25-18(14-23)17-3-2-11-24-17;/h15-18H,2-14H2,1H3,(H,20,21);1H. The average molecular weight is 478 g/mol. The lowest BCUT2D eigenvalue weighted by Gasteiger charge is -2.37. The molecule has 2 atom stereocenters. The molecule has 0 aromatic carbocycles. The second-order valence-corrected chi connectivity index (χ2v) is 8.05. The number of halogens is 1. The van der Waals surface area contributed by atoms with Gasteiger partial charge in [-0.15, -0.1) is 24.0 Å². The fraction of sp³-hybridized carbons (Fsp3) is 0.947. The Kier molecular flexibility index (Phi) is 7.84. The van der Waals surface area contributed by atoms with Crippen LogP contribution in [-0.2, 0) is 9.47 Å². The van der Waals surface area contributed by atoms with E-state index in [0.29, 0.717) is 0 Å². The van der Waals surface area contributed by atoms with E-state index in [1.807, 2.05) is 7.05 Å². The molecule has 4 fully saturated rings. The molecule has 0 spiro atoms. The minimum atomic E-state index is 0. The van der Waals surface area contributed by atoms with E-state index in [0.717, 1.165) is 70.2 Å². The van der Waals surface area contributed by atoms with E-state index in [9.17, 15) is 0 Å². The largest absolute Gasteiger partial charge is 0.375 e. The molecule has 2 saturated heterocycles. The van der Waals surface area contributed by atoms with Gasteiger partial charge in [0.05, 0.1) is 12.7 Å². The van der Waals surface area contributed by atoms with Crippen LogP contribution in [0.25, 0.3) is 0 Å². The van der Waals surface area contributed by atoms with Crippen molar-refractivity contribution >= 4 is 29.9 Å². The van der Waals surface area contributed by atoms with Crippen LogP contribution in [0.15, 0.2) is 4.99 Å². The molecule has 150 valence electrons. The van der Waals surface area contributed by atoms with E-state index in [1.54, 1.807) is 0 Å². The molecular weight excluding hydrogens is 443 g/mol. The molecule has 2 unspecified atom stereocenters. The second-order valence-electron chi connectivity index (χ2n) is 8.05. The first-order valence-corrected chi connectivity index (χ1v) is 10.3. The van der Waals surface area contributed by atoms with Gasteiger partial charge in [0.1, 0.15) is 6.10 Å². The molecule has 2 saturated carbocycles. The van der Waals surface area contributed by atoms with Gasteiger partial charge in [-0.05, 0) is 44.4 Å². The number of guanidine groups is 1. The monoisotopic (exact) mass is 478 g/mol. The highest BCUT2D eigenvalue weighted by Crippen LogP contribution is 2.34. The van der Waals surface area contributed by atoms with Crippen molar-refractivity contribution < 1.29 is 9.47 Å². The molecule has 1 N–H and O–H groups in total. The van der Waals surface area contributed by atoms with Crippen LogP contribution in [0.2, 0.25) is 0 Å². The molecule has 0 amide bonds. The third kappa shape index (κ3) is 5.69. The van der Waals surface area contributed by atoms with E-state index in [2.05, 4.69) is 20.1 Å². The van der Waals surface area contributed by atoms with Crippen LogP contribution >= 0.6 is 24.0 Å². The van der Waals surface area contributed by atoms with Gasteiger partial charge in [-0.1, -0.05) is 0 Å². The average Bonchev–Trinajstić information content (AvgIpc) is 3.57. The Morgan fingerprint density at radius 1 is 1.12 bits per heavy atom. The summed E-state index contributed by atoms with van der Waals surface area (Å²) in [5.41, 5.74) is 0. The highest BCUT2D eigenvalue weighted by Gasteiger charge is 2.34. The summed E-state index contributed by atoms with van der Waals surface area (Å²) in [5.74, 6) is 2.00. The molecular formula is C19H35IN4O2. The predicted molar refractivity (Wildman–Crippen MR) is 114 cm³/mol. The summed E-state index contributed by atoms with van der Waals surface area (Å²) >= 11 is 0. The van der Waals surface area contributed by atoms with Crippen molar-refractivity contribution in [2.45, 2.75) is 56.8 Å². The quantitative estimate of drug-likeness (QED) is 0.345. The van der Waals surface area contributed by atoms with Gasteiger partial charge >= 0.3 is 0 Å². The SMILES string of the molecule is CN=C(NCCN(CC1CC1)C1CC1)N1CCOC(C2CCCO2)C1.I. The molecule has 2 aliphatic carbocycles. The highest BCUT2D eigenvalue weighted by atomic mass is 127. The second kappa shape index (κ2) is 9.89. The first-order valence-electron chi connectivity index (χ1n) is 10.3. The lowest BCUT2D eigenvalue weighted by atomic mass is 10.1. The summed E-state index contributed by atoms with van der Waals surface area (Å²) in [7, 11) is 1.89. The van der Waals surface area contributed by atoms with Crippen molar-refractivity contribution in [2.75, 3.05) is 53.0 Å². The summed E-state index contributed by atoms with van der Waals surface area (Å²) in [6, 6.07) is 0.858. The van der Waals surface area contributed by atoms with Gasteiger partial charge in [0.2, 0.25) is 0 Å². The fourth-order valence-electron chi connectivity index (χ4n) is 4.13. The van der Waals surface area contributed by atoms with E-state index in [1.165, 1.54) is 32.2 Å². The molecule has 4 rings (SSSR count). The number of nitrogens with one attached hydrogen (secondary N) is 1. The number of hydrogen-bond donors (Lipinski definition) is 1. The van der Waals surface area contributed by atoms with Crippen LogP contribution < -0.4 is 5.32 Å². The van der Waals surface area contributed by atoms with Crippen molar-refractivity contribution in [3.05, 3.63) is 0 Å². The van der Waals surface area contributed by atoms with E-state index < -0.39 is 0 Å². The minimum absolute atomic E-state index is 0. The maximum atomic E-state index is 5.96. The Bertz CT molecular complexity index is 464. The zero-order valence-electron chi connectivity index (χ0n) is 16.1. The molecule has 7 heteroatoms. The summed E-state index contributed by atoms with van der Waals surface area (Å²) in [6.07, 6.45) is 8.42. The smallest absolute Gasteiger partial charge is 0.193 e. The predicted octanol–water partition coefficient (Wildman–Crippen LogP) is 1.93. The van der Waals surface area contributed by atoms with Crippen molar-refractivity contribution in [1.82, 2.24) is 15.1 Å². The Labute approximate surface area is 175 Å². The zero-order valence-corrected chi connectivity index (χ0v) is 18.4. The Morgan fingerprint density at radius 2 is 1.92 bits per heavy atom. The first kappa shape index (κ1) is 20.6. The minimum Gasteiger partial charge on any atom is -0.375 e. The molecule has 2 aliphatic heterocycles. The fourth-order valence-corrected chi connectivity index (χ4v) is 4.13. The van der Waals surface area contributed by atoms with Gasteiger partial charge in [-0.25, -0.2) is 0 Å². The van der Waals surface area contributed by atoms with Crippen molar-refractivity contribution in [2.24, 2.45) is 10.9 Å². The van der Waals surface area contributed by atoms with E-state index >= 15 is 0 Å². The van der Waals surface area contributed by atoms with Gasteiger partial charge < -0.3 is 19.7 Å². The number of hydrogen-bond acceptors (Lipinski definition) is 4. The van der Waals surface area contributed by atoms with Gasteiger partial charge in [0.15, 0.2) is 5.96 Å². The van der Waals surface area contributed by atoms with Gasteiger partial charge in [-0.3, -0.25) is 9.89 Å². The first-order chi connectivity index (χ1) is 12.3. The third-order valence-electron chi connectivity index (χ3n) is 5.92. The number of nitrogens with zero attached hydrogens (tertiary/aromatic N) is 3. The highest BCUT2D eigenvalue weighted by molar-refractivity contribution is 14.0. The number of rotatable bonds is 7. The van der Waals surface area contributed by atoms with Crippen LogP contribution in [0.3, 0.4) is 0 Å². The van der Waals surface area contributed by atoms with Crippen LogP contribution in [0.4, 0.5) is 0 Å². The number of aliphatic imine (C=N–C) groups is 1. The summed E-state index contributed by atoms with van der Waals surface area (Å²) in [6.45, 7) is 6.88. The molecule has 4 aliphatic rings. The van der Waals surface area contributed by atoms with Crippen LogP contribution in [0, 0.1) is 5.92 Å². The van der Waals surface area contributed by atoms with Gasteiger partial charge in [-0.2, -0.15) is 0 Å². The van der Waals surface area contributed by atoms with Crippen LogP contribution in [0.1, 0.15) is 38.5 Å².